The molecule has 0 saturated carbocycles. The summed E-state index contributed by atoms with van der Waals surface area (Å²) in [5.74, 6) is 0.269. The van der Waals surface area contributed by atoms with Gasteiger partial charge in [0.2, 0.25) is 0 Å². The zero-order valence-corrected chi connectivity index (χ0v) is 12.5. The molecule has 3 aromatic rings. The molecule has 22 heavy (non-hydrogen) atoms. The Morgan fingerprint density at radius 1 is 1.32 bits per heavy atom. The van der Waals surface area contributed by atoms with Gasteiger partial charge in [0.05, 0.1) is 5.39 Å². The molecule has 0 radical (unpaired) electrons. The van der Waals surface area contributed by atoms with Crippen molar-refractivity contribution < 1.29 is 4.79 Å². The Labute approximate surface area is 131 Å². The second-order valence-electron chi connectivity index (χ2n) is 4.56. The van der Waals surface area contributed by atoms with Crippen LogP contribution in [0.2, 0.25) is 5.02 Å². The van der Waals surface area contributed by atoms with Crippen LogP contribution in [-0.2, 0) is 0 Å². The molecule has 3 rings (SSSR count). The number of carbonyl (C=O) groups excluding carboxylic acids is 1. The number of aromatic nitrogens is 4. The predicted molar refractivity (Wildman–Crippen MR) is 84.7 cm³/mol. The number of nitrogens with zero attached hydrogens (tertiary/aromatic N) is 4. The molecule has 1 aromatic carbocycles. The van der Waals surface area contributed by atoms with E-state index in [0.29, 0.717) is 28.3 Å². The maximum Gasteiger partial charge on any atom is 0.344 e. The zero-order valence-electron chi connectivity index (χ0n) is 11.7. The lowest BCUT2D eigenvalue weighted by Crippen LogP contribution is -2.29. The number of hydrogen-bond acceptors (Lipinski definition) is 5. The van der Waals surface area contributed by atoms with Gasteiger partial charge in [0.1, 0.15) is 17.8 Å². The van der Waals surface area contributed by atoms with Crippen LogP contribution in [0.1, 0.15) is 6.92 Å². The third kappa shape index (κ3) is 2.35. The van der Waals surface area contributed by atoms with E-state index in [-0.39, 0.29) is 11.8 Å². The quantitative estimate of drug-likeness (QED) is 0.756. The molecule has 7 nitrogen and oxygen atoms in total. The van der Waals surface area contributed by atoms with Crippen LogP contribution >= 0.6 is 11.6 Å². The molecule has 0 spiro atoms. The van der Waals surface area contributed by atoms with E-state index in [1.807, 2.05) is 6.92 Å². The number of hydrogen-bond donors (Lipinski definition) is 2. The Hall–Kier alpha value is -2.67. The van der Waals surface area contributed by atoms with Crippen LogP contribution in [0.25, 0.3) is 22.3 Å². The topological polar surface area (TPSA) is 98.7 Å². The third-order valence-corrected chi connectivity index (χ3v) is 3.38. The summed E-state index contributed by atoms with van der Waals surface area (Å²) in [4.78, 5) is 20.3. The molecular formula is C14H13ClN6O. The number of carbonyl (C=O) groups is 1. The average molecular weight is 317 g/mol. The Kier molecular flexibility index (Phi) is 3.64. The van der Waals surface area contributed by atoms with Crippen molar-refractivity contribution in [1.29, 1.82) is 0 Å². The van der Waals surface area contributed by atoms with Gasteiger partial charge in [-0.1, -0.05) is 23.7 Å². The first-order chi connectivity index (χ1) is 10.6. The molecule has 0 aliphatic carbocycles. The molecule has 3 N–H and O–H groups in total. The van der Waals surface area contributed by atoms with Crippen LogP contribution < -0.4 is 11.1 Å². The molecule has 2 aromatic heterocycles. The zero-order chi connectivity index (χ0) is 15.7. The number of halogens is 1. The minimum absolute atomic E-state index is 0.269. The van der Waals surface area contributed by atoms with Crippen molar-refractivity contribution in [1.82, 2.24) is 25.1 Å². The number of anilines is 1. The molecule has 2 heterocycles. The Bertz CT molecular complexity index is 842. The lowest BCUT2D eigenvalue weighted by atomic mass is 10.1. The molecule has 1 amide bonds. The van der Waals surface area contributed by atoms with Crippen molar-refractivity contribution in [2.75, 3.05) is 12.3 Å². The minimum Gasteiger partial charge on any atom is -0.383 e. The number of nitrogens with one attached hydrogen (secondary N) is 1. The van der Waals surface area contributed by atoms with Gasteiger partial charge in [-0.2, -0.15) is 9.78 Å². The van der Waals surface area contributed by atoms with Gasteiger partial charge in [0.15, 0.2) is 5.65 Å². The molecule has 0 unspecified atom stereocenters. The Morgan fingerprint density at radius 2 is 2.05 bits per heavy atom. The molecular weight excluding hydrogens is 304 g/mol. The molecule has 0 bridgehead atoms. The maximum atomic E-state index is 12.1. The van der Waals surface area contributed by atoms with Crippen LogP contribution in [0.3, 0.4) is 0 Å². The van der Waals surface area contributed by atoms with E-state index in [4.69, 9.17) is 17.3 Å². The van der Waals surface area contributed by atoms with Gasteiger partial charge in [-0.15, -0.1) is 0 Å². The second-order valence-corrected chi connectivity index (χ2v) is 5.00. The Balaban J connectivity index is 2.26. The fraction of sp³-hybridized carbons (Fsp3) is 0.143. The summed E-state index contributed by atoms with van der Waals surface area (Å²) in [5.41, 5.74) is 7.63. The molecule has 0 atom stereocenters. The van der Waals surface area contributed by atoms with Crippen LogP contribution in [-0.4, -0.2) is 32.3 Å². The monoisotopic (exact) mass is 316 g/mol. The van der Waals surface area contributed by atoms with Gasteiger partial charge in [-0.05, 0) is 19.1 Å². The van der Waals surface area contributed by atoms with E-state index in [9.17, 15) is 4.79 Å². The highest BCUT2D eigenvalue weighted by Gasteiger charge is 2.20. The fourth-order valence-electron chi connectivity index (χ4n) is 2.15. The summed E-state index contributed by atoms with van der Waals surface area (Å²) in [7, 11) is 0. The van der Waals surface area contributed by atoms with Gasteiger partial charge in [0.25, 0.3) is 0 Å². The number of nitrogens with two attached hydrogens (primary N) is 1. The first kappa shape index (κ1) is 14.3. The first-order valence-corrected chi connectivity index (χ1v) is 7.03. The summed E-state index contributed by atoms with van der Waals surface area (Å²) < 4.78 is 1.20. The molecule has 112 valence electrons. The van der Waals surface area contributed by atoms with E-state index in [1.165, 1.54) is 11.0 Å². The number of nitrogen functional groups attached to an aromatic ring is 1. The van der Waals surface area contributed by atoms with Crippen LogP contribution in [0.5, 0.6) is 0 Å². The second kappa shape index (κ2) is 5.61. The van der Waals surface area contributed by atoms with Crippen molar-refractivity contribution in [3.8, 4) is 11.3 Å². The summed E-state index contributed by atoms with van der Waals surface area (Å²) >= 11 is 5.91. The molecule has 0 saturated heterocycles. The summed E-state index contributed by atoms with van der Waals surface area (Å²) in [6.07, 6.45) is 1.31. The number of rotatable bonds is 2. The van der Waals surface area contributed by atoms with Crippen molar-refractivity contribution in [2.45, 2.75) is 6.92 Å². The first-order valence-electron chi connectivity index (χ1n) is 6.65. The highest BCUT2D eigenvalue weighted by atomic mass is 35.5. The lowest BCUT2D eigenvalue weighted by Gasteiger charge is -2.01. The third-order valence-electron chi connectivity index (χ3n) is 3.13. The van der Waals surface area contributed by atoms with Crippen LogP contribution in [0, 0.1) is 0 Å². The van der Waals surface area contributed by atoms with Gasteiger partial charge in [-0.25, -0.2) is 14.8 Å². The van der Waals surface area contributed by atoms with Gasteiger partial charge >= 0.3 is 6.03 Å². The molecule has 0 fully saturated rings. The van der Waals surface area contributed by atoms with E-state index in [0.717, 1.165) is 5.56 Å². The number of benzene rings is 1. The smallest absolute Gasteiger partial charge is 0.344 e. The summed E-state index contributed by atoms with van der Waals surface area (Å²) in [5, 5.41) is 8.18. The average Bonchev–Trinajstić information content (AvgIpc) is 2.89. The fourth-order valence-corrected chi connectivity index (χ4v) is 2.28. The maximum absolute atomic E-state index is 12.1. The summed E-state index contributed by atoms with van der Waals surface area (Å²) in [6.45, 7) is 2.31. The van der Waals surface area contributed by atoms with Gasteiger partial charge in [-0.3, -0.25) is 0 Å². The standard InChI is InChI=1S/C14H13ClN6O/c1-2-17-14(22)21-13-10(12(16)18-7-19-13)11(20-21)8-3-5-9(15)6-4-8/h3-7H,2H2,1H3,(H,17,22)(H2,16,18,19). The molecule has 0 aliphatic heterocycles. The summed E-state index contributed by atoms with van der Waals surface area (Å²) in [6, 6.07) is 6.73. The minimum atomic E-state index is -0.370. The van der Waals surface area contributed by atoms with Crippen molar-refractivity contribution in [2.24, 2.45) is 0 Å². The predicted octanol–water partition coefficient (Wildman–Crippen LogP) is 2.31. The van der Waals surface area contributed by atoms with Gasteiger partial charge < -0.3 is 11.1 Å². The van der Waals surface area contributed by atoms with Crippen molar-refractivity contribution in [3.05, 3.63) is 35.6 Å². The van der Waals surface area contributed by atoms with E-state index in [2.05, 4.69) is 20.4 Å². The normalized spacial score (nSPS) is 10.8. The van der Waals surface area contributed by atoms with E-state index in [1.54, 1.807) is 24.3 Å². The van der Waals surface area contributed by atoms with Crippen LogP contribution in [0.15, 0.2) is 30.6 Å². The number of fused-ring (bicyclic) bond motifs is 1. The van der Waals surface area contributed by atoms with E-state index >= 15 is 0 Å². The SMILES string of the molecule is CCNC(=O)n1nc(-c2ccc(Cl)cc2)c2c(N)ncnc21. The largest absolute Gasteiger partial charge is 0.383 e. The van der Waals surface area contributed by atoms with Gasteiger partial charge in [0, 0.05) is 17.1 Å². The highest BCUT2D eigenvalue weighted by Crippen LogP contribution is 2.30. The van der Waals surface area contributed by atoms with E-state index < -0.39 is 0 Å². The number of amides is 1. The Morgan fingerprint density at radius 3 is 2.73 bits per heavy atom. The molecule has 8 heteroatoms. The van der Waals surface area contributed by atoms with Crippen molar-refractivity contribution >= 4 is 34.5 Å². The molecule has 0 aliphatic rings. The van der Waals surface area contributed by atoms with Crippen LogP contribution in [0.4, 0.5) is 10.6 Å². The lowest BCUT2D eigenvalue weighted by molar-refractivity contribution is 0.241. The van der Waals surface area contributed by atoms with Crippen molar-refractivity contribution in [3.63, 3.8) is 0 Å². The highest BCUT2D eigenvalue weighted by molar-refractivity contribution is 6.30.